The number of aromatic hydroxyl groups is 1. The van der Waals surface area contributed by atoms with Crippen molar-refractivity contribution in [1.82, 2.24) is 9.88 Å². The predicted molar refractivity (Wildman–Crippen MR) is 118 cm³/mol. The van der Waals surface area contributed by atoms with Gasteiger partial charge < -0.3 is 19.7 Å². The summed E-state index contributed by atoms with van der Waals surface area (Å²) in [5.41, 5.74) is -3.19. The highest BCUT2D eigenvalue weighted by molar-refractivity contribution is 6.30. The maximum atomic E-state index is 13.9. The molecule has 0 saturated carbocycles. The van der Waals surface area contributed by atoms with Crippen LogP contribution in [0.15, 0.2) is 53.3 Å². The third kappa shape index (κ3) is 5.88. The number of hydrogen-bond donors (Lipinski definition) is 2. The molecular formula is C23H19ClF4N2O4. The van der Waals surface area contributed by atoms with Crippen molar-refractivity contribution in [1.29, 1.82) is 0 Å². The SMILES string of the molecule is Cn1c(-c2cc(F)cc(C(F)(F)F)c2)cc(C(=O)NCCCOc2cccc(Cl)c2)c(O)c1=O. The van der Waals surface area contributed by atoms with Crippen LogP contribution in [0.3, 0.4) is 0 Å². The summed E-state index contributed by atoms with van der Waals surface area (Å²) in [6.07, 6.45) is -4.45. The lowest BCUT2D eigenvalue weighted by Crippen LogP contribution is -2.29. The van der Waals surface area contributed by atoms with Crippen LogP contribution < -0.4 is 15.6 Å². The van der Waals surface area contributed by atoms with Gasteiger partial charge in [0.25, 0.3) is 11.5 Å². The fraction of sp³-hybridized carbons (Fsp3) is 0.217. The van der Waals surface area contributed by atoms with Crippen LogP contribution in [0.5, 0.6) is 11.5 Å². The zero-order chi connectivity index (χ0) is 25.0. The smallest absolute Gasteiger partial charge is 0.416 e. The molecule has 0 unspecified atom stereocenters. The van der Waals surface area contributed by atoms with Crippen molar-refractivity contribution in [2.24, 2.45) is 7.05 Å². The molecular weight excluding hydrogens is 480 g/mol. The van der Waals surface area contributed by atoms with Crippen molar-refractivity contribution >= 4 is 17.5 Å². The Bertz CT molecular complexity index is 1270. The molecule has 2 N–H and O–H groups in total. The number of hydrogen-bond acceptors (Lipinski definition) is 4. The van der Waals surface area contributed by atoms with E-state index in [9.17, 15) is 32.3 Å². The van der Waals surface area contributed by atoms with E-state index in [1.165, 1.54) is 7.05 Å². The largest absolute Gasteiger partial charge is 0.502 e. The van der Waals surface area contributed by atoms with E-state index in [0.717, 1.165) is 16.7 Å². The molecule has 1 heterocycles. The molecule has 0 aliphatic carbocycles. The summed E-state index contributed by atoms with van der Waals surface area (Å²) in [6.45, 7) is 0.347. The van der Waals surface area contributed by atoms with Gasteiger partial charge in [-0.1, -0.05) is 17.7 Å². The van der Waals surface area contributed by atoms with E-state index < -0.39 is 40.3 Å². The number of carbonyl (C=O) groups is 1. The van der Waals surface area contributed by atoms with Gasteiger partial charge in [0.15, 0.2) is 5.75 Å². The van der Waals surface area contributed by atoms with E-state index in [1.807, 2.05) is 0 Å². The molecule has 0 radical (unpaired) electrons. The third-order valence-corrected chi connectivity index (χ3v) is 5.08. The minimum absolute atomic E-state index is 0.113. The molecule has 0 spiro atoms. The first-order chi connectivity index (χ1) is 16.0. The van der Waals surface area contributed by atoms with Crippen LogP contribution in [0.2, 0.25) is 5.02 Å². The fourth-order valence-corrected chi connectivity index (χ4v) is 3.33. The molecule has 11 heteroatoms. The number of carbonyl (C=O) groups excluding carboxylic acids is 1. The number of ether oxygens (including phenoxy) is 1. The van der Waals surface area contributed by atoms with Crippen LogP contribution in [0, 0.1) is 5.82 Å². The van der Waals surface area contributed by atoms with Gasteiger partial charge in [0.05, 0.1) is 23.4 Å². The van der Waals surface area contributed by atoms with E-state index in [1.54, 1.807) is 24.3 Å². The van der Waals surface area contributed by atoms with Gasteiger partial charge in [0.2, 0.25) is 0 Å². The number of nitrogens with zero attached hydrogens (tertiary/aromatic N) is 1. The minimum Gasteiger partial charge on any atom is -0.502 e. The Morgan fingerprint density at radius 3 is 2.59 bits per heavy atom. The molecule has 3 rings (SSSR count). The molecule has 0 saturated heterocycles. The van der Waals surface area contributed by atoms with Gasteiger partial charge in [0.1, 0.15) is 11.6 Å². The Morgan fingerprint density at radius 1 is 1.18 bits per heavy atom. The van der Waals surface area contributed by atoms with Gasteiger partial charge in [0, 0.05) is 24.2 Å². The van der Waals surface area contributed by atoms with Crippen LogP contribution in [0.25, 0.3) is 11.3 Å². The molecule has 0 aliphatic rings. The van der Waals surface area contributed by atoms with Crippen molar-refractivity contribution in [3.63, 3.8) is 0 Å². The van der Waals surface area contributed by atoms with Crippen molar-refractivity contribution in [2.45, 2.75) is 12.6 Å². The van der Waals surface area contributed by atoms with Crippen molar-refractivity contribution in [3.05, 3.63) is 80.9 Å². The average Bonchev–Trinajstić information content (AvgIpc) is 2.76. The topological polar surface area (TPSA) is 80.6 Å². The summed E-state index contributed by atoms with van der Waals surface area (Å²) < 4.78 is 59.5. The Balaban J connectivity index is 1.77. The average molecular weight is 499 g/mol. The molecule has 0 bridgehead atoms. The first-order valence-electron chi connectivity index (χ1n) is 9.95. The lowest BCUT2D eigenvalue weighted by Gasteiger charge is -2.15. The summed E-state index contributed by atoms with van der Waals surface area (Å²) in [5.74, 6) is -2.34. The van der Waals surface area contributed by atoms with Crippen LogP contribution >= 0.6 is 11.6 Å². The van der Waals surface area contributed by atoms with Gasteiger partial charge in [-0.15, -0.1) is 0 Å². The molecule has 0 aliphatic heterocycles. The van der Waals surface area contributed by atoms with Gasteiger partial charge in [-0.05, 0) is 48.9 Å². The van der Waals surface area contributed by atoms with E-state index >= 15 is 0 Å². The zero-order valence-corrected chi connectivity index (χ0v) is 18.5. The second kappa shape index (κ2) is 10.2. The second-order valence-electron chi connectivity index (χ2n) is 7.30. The number of halogens is 5. The zero-order valence-electron chi connectivity index (χ0n) is 17.7. The second-order valence-corrected chi connectivity index (χ2v) is 7.73. The molecule has 3 aromatic rings. The molecule has 2 aromatic carbocycles. The summed E-state index contributed by atoms with van der Waals surface area (Å²) >= 11 is 5.87. The maximum Gasteiger partial charge on any atom is 0.416 e. The summed E-state index contributed by atoms with van der Waals surface area (Å²) in [5, 5.41) is 13.2. The molecule has 180 valence electrons. The third-order valence-electron chi connectivity index (χ3n) is 4.84. The number of pyridine rings is 1. The molecule has 34 heavy (non-hydrogen) atoms. The minimum atomic E-state index is -4.82. The highest BCUT2D eigenvalue weighted by Gasteiger charge is 2.32. The first kappa shape index (κ1) is 25.1. The quantitative estimate of drug-likeness (QED) is 0.363. The van der Waals surface area contributed by atoms with E-state index in [-0.39, 0.29) is 24.4 Å². The van der Waals surface area contributed by atoms with Crippen LogP contribution in [-0.4, -0.2) is 28.7 Å². The van der Waals surface area contributed by atoms with E-state index in [0.29, 0.717) is 29.3 Å². The Kier molecular flexibility index (Phi) is 7.51. The number of benzene rings is 2. The van der Waals surface area contributed by atoms with Crippen molar-refractivity contribution in [3.8, 4) is 22.8 Å². The number of amides is 1. The van der Waals surface area contributed by atoms with Gasteiger partial charge in [-0.2, -0.15) is 13.2 Å². The maximum absolute atomic E-state index is 13.9. The normalized spacial score (nSPS) is 11.4. The van der Waals surface area contributed by atoms with Crippen LogP contribution in [0.1, 0.15) is 22.3 Å². The Labute approximate surface area is 196 Å². The summed E-state index contributed by atoms with van der Waals surface area (Å²) in [6, 6.07) is 9.54. The van der Waals surface area contributed by atoms with Crippen molar-refractivity contribution < 1.29 is 32.2 Å². The van der Waals surface area contributed by atoms with Gasteiger partial charge >= 0.3 is 6.18 Å². The Hall–Kier alpha value is -3.53. The number of alkyl halides is 3. The first-order valence-corrected chi connectivity index (χ1v) is 10.3. The van der Waals surface area contributed by atoms with Crippen LogP contribution in [0.4, 0.5) is 17.6 Å². The van der Waals surface area contributed by atoms with E-state index in [4.69, 9.17) is 16.3 Å². The summed E-state index contributed by atoms with van der Waals surface area (Å²) in [7, 11) is 1.18. The highest BCUT2D eigenvalue weighted by atomic mass is 35.5. The number of nitrogens with one attached hydrogen (secondary N) is 1. The molecule has 0 atom stereocenters. The van der Waals surface area contributed by atoms with Crippen LogP contribution in [-0.2, 0) is 13.2 Å². The lowest BCUT2D eigenvalue weighted by molar-refractivity contribution is -0.137. The highest BCUT2D eigenvalue weighted by Crippen LogP contribution is 2.33. The summed E-state index contributed by atoms with van der Waals surface area (Å²) in [4.78, 5) is 25.0. The predicted octanol–water partition coefficient (Wildman–Crippen LogP) is 4.77. The Morgan fingerprint density at radius 2 is 1.91 bits per heavy atom. The van der Waals surface area contributed by atoms with Gasteiger partial charge in [-0.25, -0.2) is 4.39 Å². The molecule has 1 aromatic heterocycles. The van der Waals surface area contributed by atoms with E-state index in [2.05, 4.69) is 5.32 Å². The standard InChI is InChI=1S/C23H19ClF4N2O4/c1-30-19(13-8-14(23(26,27)28)10-16(25)9-13)12-18(20(31)22(30)33)21(32)29-6-3-7-34-17-5-2-4-15(24)11-17/h2,4-5,8-12,31H,3,6-7H2,1H3,(H,29,32). The lowest BCUT2D eigenvalue weighted by atomic mass is 10.0. The van der Waals surface area contributed by atoms with Crippen molar-refractivity contribution in [2.75, 3.05) is 13.2 Å². The molecule has 1 amide bonds. The molecule has 0 fully saturated rings. The number of aromatic nitrogens is 1. The molecule has 6 nitrogen and oxygen atoms in total. The monoisotopic (exact) mass is 498 g/mol. The fourth-order valence-electron chi connectivity index (χ4n) is 3.15. The number of rotatable bonds is 7. The van der Waals surface area contributed by atoms with Gasteiger partial charge in [-0.3, -0.25) is 9.59 Å².